The van der Waals surface area contributed by atoms with Crippen molar-refractivity contribution in [1.82, 2.24) is 5.32 Å². The summed E-state index contributed by atoms with van der Waals surface area (Å²) in [6.07, 6.45) is 4.76. The molecule has 1 aromatic rings. The highest BCUT2D eigenvalue weighted by Gasteiger charge is 2.28. The topological polar surface area (TPSA) is 98.3 Å². The first-order chi connectivity index (χ1) is 10.1. The second kappa shape index (κ2) is 8.36. The largest absolute Gasteiger partial charge is 0.349 e. The van der Waals surface area contributed by atoms with Crippen LogP contribution in [0.1, 0.15) is 29.6 Å². The van der Waals surface area contributed by atoms with Crippen LogP contribution in [0.3, 0.4) is 0 Å². The normalized spacial score (nSPS) is 20.3. The Labute approximate surface area is 139 Å². The number of halogens is 1. The molecule has 2 atom stereocenters. The maximum absolute atomic E-state index is 12.3. The zero-order valence-corrected chi connectivity index (χ0v) is 13.9. The van der Waals surface area contributed by atoms with Crippen LogP contribution in [0.4, 0.5) is 5.69 Å². The standard InChI is InChI=1S/C14H19N3O3S.ClH/c1-21-13-6-5-9(7-12(13)17(19)20)14(18)16-11-4-2-3-10(11)8-15;/h5-7,10-11H,2-4,8,15H2,1H3,(H,16,18);1H. The van der Waals surface area contributed by atoms with E-state index in [9.17, 15) is 14.9 Å². The maximum Gasteiger partial charge on any atom is 0.283 e. The molecule has 1 aliphatic rings. The van der Waals surface area contributed by atoms with Gasteiger partial charge in [-0.3, -0.25) is 14.9 Å². The number of nitrogens with one attached hydrogen (secondary N) is 1. The van der Waals surface area contributed by atoms with E-state index in [0.717, 1.165) is 19.3 Å². The number of benzene rings is 1. The second-order valence-corrected chi connectivity index (χ2v) is 6.00. The smallest absolute Gasteiger partial charge is 0.283 e. The van der Waals surface area contributed by atoms with E-state index in [1.807, 2.05) is 0 Å². The van der Waals surface area contributed by atoms with E-state index in [1.165, 1.54) is 17.8 Å². The van der Waals surface area contributed by atoms with Gasteiger partial charge in [0.25, 0.3) is 11.6 Å². The molecule has 3 N–H and O–H groups in total. The fraction of sp³-hybridized carbons (Fsp3) is 0.500. The summed E-state index contributed by atoms with van der Waals surface area (Å²) in [5.74, 6) is 0.0329. The molecule has 0 aliphatic heterocycles. The van der Waals surface area contributed by atoms with Gasteiger partial charge in [-0.15, -0.1) is 24.2 Å². The van der Waals surface area contributed by atoms with Gasteiger partial charge in [-0.05, 0) is 43.7 Å². The van der Waals surface area contributed by atoms with Crippen LogP contribution in [0.5, 0.6) is 0 Å². The van der Waals surface area contributed by atoms with Gasteiger partial charge in [0.05, 0.1) is 9.82 Å². The maximum atomic E-state index is 12.3. The molecule has 1 fully saturated rings. The molecule has 2 unspecified atom stereocenters. The van der Waals surface area contributed by atoms with E-state index in [1.54, 1.807) is 18.4 Å². The van der Waals surface area contributed by atoms with Crippen LogP contribution in [0.25, 0.3) is 0 Å². The molecule has 22 heavy (non-hydrogen) atoms. The lowest BCUT2D eigenvalue weighted by molar-refractivity contribution is -0.387. The molecular formula is C14H20ClN3O3S. The number of nitrogens with zero attached hydrogens (tertiary/aromatic N) is 1. The van der Waals surface area contributed by atoms with E-state index >= 15 is 0 Å². The quantitative estimate of drug-likeness (QED) is 0.485. The lowest BCUT2D eigenvalue weighted by atomic mass is 10.0. The highest BCUT2D eigenvalue weighted by molar-refractivity contribution is 7.98. The van der Waals surface area contributed by atoms with Gasteiger partial charge < -0.3 is 11.1 Å². The molecule has 2 rings (SSSR count). The van der Waals surface area contributed by atoms with Crippen molar-refractivity contribution in [2.45, 2.75) is 30.2 Å². The zero-order chi connectivity index (χ0) is 15.4. The first-order valence-corrected chi connectivity index (χ1v) is 8.12. The molecular weight excluding hydrogens is 326 g/mol. The first kappa shape index (κ1) is 18.7. The van der Waals surface area contributed by atoms with Gasteiger partial charge in [-0.1, -0.05) is 6.42 Å². The summed E-state index contributed by atoms with van der Waals surface area (Å²) >= 11 is 1.29. The van der Waals surface area contributed by atoms with Crippen LogP contribution in [-0.4, -0.2) is 29.7 Å². The van der Waals surface area contributed by atoms with Gasteiger partial charge in [0.15, 0.2) is 0 Å². The van der Waals surface area contributed by atoms with Crippen LogP contribution in [0.15, 0.2) is 23.1 Å². The van der Waals surface area contributed by atoms with Crippen molar-refractivity contribution in [3.8, 4) is 0 Å². The van der Waals surface area contributed by atoms with Crippen molar-refractivity contribution in [2.24, 2.45) is 11.7 Å². The second-order valence-electron chi connectivity index (χ2n) is 5.15. The Balaban J connectivity index is 0.00000242. The summed E-state index contributed by atoms with van der Waals surface area (Å²) in [7, 11) is 0. The molecule has 0 heterocycles. The Morgan fingerprint density at radius 1 is 1.50 bits per heavy atom. The number of nitrogens with two attached hydrogens (primary N) is 1. The third kappa shape index (κ3) is 4.12. The van der Waals surface area contributed by atoms with Crippen molar-refractivity contribution in [3.05, 3.63) is 33.9 Å². The molecule has 1 amide bonds. The van der Waals surface area contributed by atoms with Gasteiger partial charge in [-0.25, -0.2) is 0 Å². The molecule has 122 valence electrons. The van der Waals surface area contributed by atoms with E-state index < -0.39 is 4.92 Å². The monoisotopic (exact) mass is 345 g/mol. The number of rotatable bonds is 5. The fourth-order valence-electron chi connectivity index (χ4n) is 2.73. The molecule has 1 saturated carbocycles. The highest BCUT2D eigenvalue weighted by Crippen LogP contribution is 2.29. The Hall–Kier alpha value is -1.31. The minimum Gasteiger partial charge on any atom is -0.349 e. The summed E-state index contributed by atoms with van der Waals surface area (Å²) in [5, 5.41) is 14.0. The summed E-state index contributed by atoms with van der Waals surface area (Å²) in [4.78, 5) is 23.4. The minimum absolute atomic E-state index is 0. The van der Waals surface area contributed by atoms with Gasteiger partial charge in [0.1, 0.15) is 0 Å². The number of hydrogen-bond donors (Lipinski definition) is 2. The van der Waals surface area contributed by atoms with Crippen LogP contribution >= 0.6 is 24.2 Å². The molecule has 0 radical (unpaired) electrons. The summed E-state index contributed by atoms with van der Waals surface area (Å²) in [6.45, 7) is 0.552. The Morgan fingerprint density at radius 3 is 2.82 bits per heavy atom. The lowest BCUT2D eigenvalue weighted by Crippen LogP contribution is -2.39. The van der Waals surface area contributed by atoms with E-state index in [-0.39, 0.29) is 30.0 Å². The highest BCUT2D eigenvalue weighted by atomic mass is 35.5. The number of carbonyl (C=O) groups is 1. The van der Waals surface area contributed by atoms with Crippen LogP contribution < -0.4 is 11.1 Å². The first-order valence-electron chi connectivity index (χ1n) is 6.90. The van der Waals surface area contributed by atoms with Gasteiger partial charge in [-0.2, -0.15) is 0 Å². The van der Waals surface area contributed by atoms with Gasteiger partial charge >= 0.3 is 0 Å². The zero-order valence-electron chi connectivity index (χ0n) is 12.3. The Bertz CT molecular complexity index is 556. The van der Waals surface area contributed by atoms with E-state index in [0.29, 0.717) is 22.9 Å². The number of carbonyl (C=O) groups excluding carboxylic acids is 1. The summed E-state index contributed by atoms with van der Waals surface area (Å²) < 4.78 is 0. The Kier molecular flexibility index (Phi) is 7.12. The molecule has 0 aromatic heterocycles. The predicted molar refractivity (Wildman–Crippen MR) is 89.8 cm³/mol. The van der Waals surface area contributed by atoms with Gasteiger partial charge in [0, 0.05) is 17.7 Å². The number of amides is 1. The molecule has 0 spiro atoms. The van der Waals surface area contributed by atoms with Crippen molar-refractivity contribution in [3.63, 3.8) is 0 Å². The van der Waals surface area contributed by atoms with Crippen molar-refractivity contribution < 1.29 is 9.72 Å². The van der Waals surface area contributed by atoms with Crippen molar-refractivity contribution in [1.29, 1.82) is 0 Å². The third-order valence-corrected chi connectivity index (χ3v) is 4.70. The number of nitro benzene ring substituents is 1. The minimum atomic E-state index is -0.457. The van der Waals surface area contributed by atoms with E-state index in [4.69, 9.17) is 5.73 Å². The SMILES string of the molecule is CSc1ccc(C(=O)NC2CCCC2CN)cc1[N+](=O)[O-].Cl. The molecule has 1 aromatic carbocycles. The molecule has 0 bridgehead atoms. The predicted octanol–water partition coefficient (Wildman–Crippen LogP) is 2.60. The van der Waals surface area contributed by atoms with Gasteiger partial charge in [0.2, 0.25) is 0 Å². The van der Waals surface area contributed by atoms with Crippen LogP contribution in [0.2, 0.25) is 0 Å². The summed E-state index contributed by atoms with van der Waals surface area (Å²) in [5.41, 5.74) is 5.99. The average molecular weight is 346 g/mol. The van der Waals surface area contributed by atoms with Crippen LogP contribution in [0, 0.1) is 16.0 Å². The van der Waals surface area contributed by atoms with Crippen molar-refractivity contribution in [2.75, 3.05) is 12.8 Å². The van der Waals surface area contributed by atoms with Crippen LogP contribution in [-0.2, 0) is 0 Å². The molecule has 0 saturated heterocycles. The summed E-state index contributed by atoms with van der Waals surface area (Å²) in [6, 6.07) is 4.66. The third-order valence-electron chi connectivity index (χ3n) is 3.92. The molecule has 8 heteroatoms. The lowest BCUT2D eigenvalue weighted by Gasteiger charge is -2.19. The number of thioether (sulfide) groups is 1. The average Bonchev–Trinajstić information content (AvgIpc) is 2.93. The number of nitro groups is 1. The molecule has 1 aliphatic carbocycles. The Morgan fingerprint density at radius 2 is 2.23 bits per heavy atom. The van der Waals surface area contributed by atoms with Crippen molar-refractivity contribution >= 4 is 35.8 Å². The molecule has 6 nitrogen and oxygen atoms in total. The fourth-order valence-corrected chi connectivity index (χ4v) is 3.28. The van der Waals surface area contributed by atoms with E-state index in [2.05, 4.69) is 5.32 Å². The number of hydrogen-bond acceptors (Lipinski definition) is 5.